The Hall–Kier alpha value is -0.610. The zero-order chi connectivity index (χ0) is 12.3. The molecule has 0 amide bonds. The van der Waals surface area contributed by atoms with Gasteiger partial charge in [0.15, 0.2) is 5.13 Å². The molecule has 1 aliphatic rings. The van der Waals surface area contributed by atoms with Crippen LogP contribution in [-0.2, 0) is 0 Å². The molecule has 3 nitrogen and oxygen atoms in total. The summed E-state index contributed by atoms with van der Waals surface area (Å²) in [4.78, 5) is 7.20. The van der Waals surface area contributed by atoms with Gasteiger partial charge in [-0.3, -0.25) is 0 Å². The fraction of sp³-hybridized carbons (Fsp3) is 0.769. The highest BCUT2D eigenvalue weighted by Gasteiger charge is 2.19. The summed E-state index contributed by atoms with van der Waals surface area (Å²) in [7, 11) is 0. The lowest BCUT2D eigenvalue weighted by Crippen LogP contribution is -2.32. The molecule has 1 aromatic heterocycles. The van der Waals surface area contributed by atoms with E-state index in [1.807, 2.05) is 0 Å². The lowest BCUT2D eigenvalue weighted by molar-refractivity contribution is 0.438. The average molecular weight is 253 g/mol. The summed E-state index contributed by atoms with van der Waals surface area (Å²) in [6, 6.07) is 0.369. The number of anilines is 1. The smallest absolute Gasteiger partial charge is 0.185 e. The third-order valence-corrected chi connectivity index (χ3v) is 4.44. The van der Waals surface area contributed by atoms with Gasteiger partial charge in [-0.25, -0.2) is 4.98 Å². The molecule has 1 saturated heterocycles. The fourth-order valence-corrected chi connectivity index (χ4v) is 3.20. The van der Waals surface area contributed by atoms with Gasteiger partial charge in [0.2, 0.25) is 0 Å². The summed E-state index contributed by atoms with van der Waals surface area (Å²) >= 11 is 1.79. The van der Waals surface area contributed by atoms with Crippen LogP contribution in [0.4, 0.5) is 5.13 Å². The molecule has 17 heavy (non-hydrogen) atoms. The number of hydrogen-bond acceptors (Lipinski definition) is 4. The molecule has 4 heteroatoms. The van der Waals surface area contributed by atoms with Crippen LogP contribution >= 0.6 is 11.3 Å². The molecule has 1 aliphatic heterocycles. The Labute approximate surface area is 108 Å². The molecule has 0 spiro atoms. The van der Waals surface area contributed by atoms with E-state index in [4.69, 9.17) is 4.98 Å². The van der Waals surface area contributed by atoms with Crippen molar-refractivity contribution in [3.8, 4) is 0 Å². The van der Waals surface area contributed by atoms with Gasteiger partial charge in [-0.15, -0.1) is 11.3 Å². The van der Waals surface area contributed by atoms with Gasteiger partial charge in [0.1, 0.15) is 0 Å². The van der Waals surface area contributed by atoms with Crippen LogP contribution in [0.15, 0.2) is 5.38 Å². The Morgan fingerprint density at radius 1 is 1.53 bits per heavy atom. The molecule has 1 aromatic rings. The monoisotopic (exact) mass is 253 g/mol. The molecule has 1 unspecified atom stereocenters. The van der Waals surface area contributed by atoms with E-state index in [0.717, 1.165) is 12.5 Å². The minimum absolute atomic E-state index is 0.369. The fourth-order valence-electron chi connectivity index (χ4n) is 2.23. The number of piperidine rings is 1. The first kappa shape index (κ1) is 12.8. The first-order chi connectivity index (χ1) is 8.20. The lowest BCUT2D eigenvalue weighted by atomic mass is 10.00. The number of thiazole rings is 1. The second kappa shape index (κ2) is 5.83. The first-order valence-electron chi connectivity index (χ1n) is 6.64. The molecule has 2 rings (SSSR count). The number of hydrogen-bond donors (Lipinski definition) is 1. The summed E-state index contributed by atoms with van der Waals surface area (Å²) in [6.45, 7) is 10.00. The molecule has 0 aromatic carbocycles. The molecule has 0 aliphatic carbocycles. The van der Waals surface area contributed by atoms with Crippen LogP contribution in [0.1, 0.15) is 45.3 Å². The summed E-state index contributed by atoms with van der Waals surface area (Å²) < 4.78 is 0. The van der Waals surface area contributed by atoms with Gasteiger partial charge in [-0.1, -0.05) is 13.8 Å². The molecule has 0 radical (unpaired) electrons. The second-order valence-electron chi connectivity index (χ2n) is 5.00. The molecule has 96 valence electrons. The molecule has 1 N–H and O–H groups in total. The Kier molecular flexibility index (Phi) is 4.40. The minimum atomic E-state index is 0.369. The highest BCUT2D eigenvalue weighted by atomic mass is 32.1. The van der Waals surface area contributed by atoms with E-state index < -0.39 is 0 Å². The van der Waals surface area contributed by atoms with E-state index >= 15 is 0 Å². The topological polar surface area (TPSA) is 28.2 Å². The summed E-state index contributed by atoms with van der Waals surface area (Å²) in [5, 5.41) is 6.81. The van der Waals surface area contributed by atoms with E-state index in [1.54, 1.807) is 11.3 Å². The third-order valence-electron chi connectivity index (χ3n) is 3.52. The van der Waals surface area contributed by atoms with Gasteiger partial charge < -0.3 is 10.2 Å². The van der Waals surface area contributed by atoms with Crippen molar-refractivity contribution in [2.75, 3.05) is 24.5 Å². The van der Waals surface area contributed by atoms with Crippen LogP contribution < -0.4 is 10.2 Å². The molecule has 1 fully saturated rings. The molecule has 2 heterocycles. The normalized spacial score (nSPS) is 19.6. The van der Waals surface area contributed by atoms with E-state index in [9.17, 15) is 0 Å². The standard InChI is InChI=1S/C13H23N3S/c1-4-14-11(3)12-9-17-13(15-12)16-7-5-10(2)6-8-16/h9-11,14H,4-8H2,1-3H3. The maximum atomic E-state index is 4.76. The maximum Gasteiger partial charge on any atom is 0.185 e. The van der Waals surface area contributed by atoms with Gasteiger partial charge >= 0.3 is 0 Å². The van der Waals surface area contributed by atoms with Gasteiger partial charge in [-0.2, -0.15) is 0 Å². The lowest BCUT2D eigenvalue weighted by Gasteiger charge is -2.29. The van der Waals surface area contributed by atoms with Crippen LogP contribution in [0, 0.1) is 5.92 Å². The summed E-state index contributed by atoms with van der Waals surface area (Å²) in [6.07, 6.45) is 2.61. The Bertz CT molecular complexity index is 342. The van der Waals surface area contributed by atoms with Gasteiger partial charge in [-0.05, 0) is 32.2 Å². The maximum absolute atomic E-state index is 4.76. The molecule has 1 atom stereocenters. The second-order valence-corrected chi connectivity index (χ2v) is 5.84. The number of aromatic nitrogens is 1. The van der Waals surface area contributed by atoms with E-state index in [0.29, 0.717) is 6.04 Å². The predicted molar refractivity (Wildman–Crippen MR) is 74.8 cm³/mol. The van der Waals surface area contributed by atoms with Crippen molar-refractivity contribution in [2.24, 2.45) is 5.92 Å². The highest BCUT2D eigenvalue weighted by Crippen LogP contribution is 2.27. The van der Waals surface area contributed by atoms with Crippen molar-refractivity contribution in [1.29, 1.82) is 0 Å². The molecular weight excluding hydrogens is 230 g/mol. The van der Waals surface area contributed by atoms with E-state index in [2.05, 4.69) is 36.4 Å². The summed E-state index contributed by atoms with van der Waals surface area (Å²) in [5.74, 6) is 0.881. The molecule has 0 saturated carbocycles. The van der Waals surface area contributed by atoms with Crippen molar-refractivity contribution in [3.05, 3.63) is 11.1 Å². The molecular formula is C13H23N3S. The van der Waals surface area contributed by atoms with Crippen molar-refractivity contribution in [3.63, 3.8) is 0 Å². The SMILES string of the molecule is CCNC(C)c1csc(N2CCC(C)CC2)n1. The largest absolute Gasteiger partial charge is 0.348 e. The van der Waals surface area contributed by atoms with Crippen LogP contribution in [0.25, 0.3) is 0 Å². The molecule has 0 bridgehead atoms. The van der Waals surface area contributed by atoms with Crippen LogP contribution in [0.5, 0.6) is 0 Å². The average Bonchev–Trinajstić information content (AvgIpc) is 2.80. The minimum Gasteiger partial charge on any atom is -0.348 e. The number of nitrogens with zero attached hydrogens (tertiary/aromatic N) is 2. The quantitative estimate of drug-likeness (QED) is 0.894. The predicted octanol–water partition coefficient (Wildman–Crippen LogP) is 3.05. The number of nitrogens with one attached hydrogen (secondary N) is 1. The Morgan fingerprint density at radius 2 is 2.24 bits per heavy atom. The highest BCUT2D eigenvalue weighted by molar-refractivity contribution is 7.13. The summed E-state index contributed by atoms with van der Waals surface area (Å²) in [5.41, 5.74) is 1.19. The van der Waals surface area contributed by atoms with Gasteiger partial charge in [0.05, 0.1) is 5.69 Å². The van der Waals surface area contributed by atoms with Crippen molar-refractivity contribution >= 4 is 16.5 Å². The zero-order valence-corrected chi connectivity index (χ0v) is 11.9. The van der Waals surface area contributed by atoms with Gasteiger partial charge in [0.25, 0.3) is 0 Å². The zero-order valence-electron chi connectivity index (χ0n) is 11.1. The number of rotatable bonds is 4. The Morgan fingerprint density at radius 3 is 2.88 bits per heavy atom. The van der Waals surface area contributed by atoms with Crippen molar-refractivity contribution in [2.45, 2.75) is 39.7 Å². The van der Waals surface area contributed by atoms with Crippen molar-refractivity contribution < 1.29 is 0 Å². The van der Waals surface area contributed by atoms with E-state index in [1.165, 1.54) is 36.8 Å². The van der Waals surface area contributed by atoms with Crippen LogP contribution in [0.2, 0.25) is 0 Å². The van der Waals surface area contributed by atoms with Gasteiger partial charge in [0, 0.05) is 24.5 Å². The third kappa shape index (κ3) is 3.19. The van der Waals surface area contributed by atoms with Crippen LogP contribution in [-0.4, -0.2) is 24.6 Å². The van der Waals surface area contributed by atoms with E-state index in [-0.39, 0.29) is 0 Å². The van der Waals surface area contributed by atoms with Crippen LogP contribution in [0.3, 0.4) is 0 Å². The Balaban J connectivity index is 1.98. The van der Waals surface area contributed by atoms with Crippen molar-refractivity contribution in [1.82, 2.24) is 10.3 Å². The first-order valence-corrected chi connectivity index (χ1v) is 7.52.